The minimum atomic E-state index is -0.260. The van der Waals surface area contributed by atoms with Gasteiger partial charge in [-0.15, -0.1) is 0 Å². The van der Waals surface area contributed by atoms with Crippen LogP contribution in [0.3, 0.4) is 0 Å². The molecule has 2 N–H and O–H groups in total. The number of rotatable bonds is 2. The second kappa shape index (κ2) is 6.65. The van der Waals surface area contributed by atoms with Gasteiger partial charge >= 0.3 is 0 Å². The Morgan fingerprint density at radius 2 is 1.95 bits per heavy atom. The Labute approximate surface area is 133 Å². The molecule has 0 fully saturated rings. The molecule has 6 heteroatoms. The number of halogens is 1. The van der Waals surface area contributed by atoms with Crippen LogP contribution in [0.15, 0.2) is 36.5 Å². The highest BCUT2D eigenvalue weighted by Crippen LogP contribution is 2.11. The van der Waals surface area contributed by atoms with Crippen LogP contribution in [0.1, 0.15) is 21.5 Å². The fourth-order valence-electron chi connectivity index (χ4n) is 1.66. The van der Waals surface area contributed by atoms with Crippen LogP contribution in [0.2, 0.25) is 5.02 Å². The number of hydrogen-bond acceptors (Lipinski definition) is 3. The molecule has 1 aromatic carbocycles. The van der Waals surface area contributed by atoms with Crippen molar-refractivity contribution in [1.29, 1.82) is 0 Å². The number of carbonyl (C=O) groups excluding carboxylic acids is 1. The fourth-order valence-corrected chi connectivity index (χ4v) is 1.96. The minimum Gasteiger partial charge on any atom is -0.317 e. The number of aryl methyl sites for hydroxylation is 2. The van der Waals surface area contributed by atoms with Crippen LogP contribution in [0, 0.1) is 13.8 Å². The topological polar surface area (TPSA) is 54.0 Å². The first kappa shape index (κ1) is 15.4. The molecule has 21 heavy (non-hydrogen) atoms. The number of benzene rings is 1. The molecule has 1 heterocycles. The average molecular weight is 320 g/mol. The van der Waals surface area contributed by atoms with Crippen molar-refractivity contribution in [2.75, 3.05) is 5.32 Å². The van der Waals surface area contributed by atoms with Crippen molar-refractivity contribution < 1.29 is 4.79 Å². The van der Waals surface area contributed by atoms with Crippen LogP contribution in [-0.2, 0) is 0 Å². The van der Waals surface area contributed by atoms with E-state index in [1.165, 1.54) is 6.20 Å². The average Bonchev–Trinajstić information content (AvgIpc) is 2.44. The molecule has 0 aliphatic heterocycles. The van der Waals surface area contributed by atoms with Gasteiger partial charge in [0, 0.05) is 11.8 Å². The maximum Gasteiger partial charge on any atom is 0.257 e. The third kappa shape index (κ3) is 4.24. The van der Waals surface area contributed by atoms with E-state index in [2.05, 4.69) is 15.6 Å². The number of nitrogens with zero attached hydrogens (tertiary/aromatic N) is 1. The summed E-state index contributed by atoms with van der Waals surface area (Å²) in [6.07, 6.45) is 1.50. The monoisotopic (exact) mass is 319 g/mol. The van der Waals surface area contributed by atoms with Gasteiger partial charge in [0.05, 0.1) is 5.02 Å². The highest BCUT2D eigenvalue weighted by molar-refractivity contribution is 7.80. The van der Waals surface area contributed by atoms with E-state index in [9.17, 15) is 4.79 Å². The molecule has 0 aliphatic rings. The molecule has 0 aliphatic carbocycles. The second-order valence-corrected chi connectivity index (χ2v) is 5.41. The number of pyridine rings is 1. The number of anilines is 1. The standard InChI is InChI=1S/C15H14ClN3OS/c1-9-3-4-11(7-10(9)2)14(20)19-15(21)18-13-6-5-12(16)8-17-13/h3-8H,1-2H3,(H2,17,18,19,20,21). The predicted octanol–water partition coefficient (Wildman–Crippen LogP) is 3.48. The van der Waals surface area contributed by atoms with Gasteiger partial charge in [0.1, 0.15) is 5.82 Å². The van der Waals surface area contributed by atoms with E-state index < -0.39 is 0 Å². The van der Waals surface area contributed by atoms with Crippen LogP contribution in [0.5, 0.6) is 0 Å². The normalized spacial score (nSPS) is 10.0. The number of amides is 1. The van der Waals surface area contributed by atoms with Gasteiger partial charge in [-0.05, 0) is 61.5 Å². The van der Waals surface area contributed by atoms with Crippen molar-refractivity contribution in [3.05, 3.63) is 58.2 Å². The van der Waals surface area contributed by atoms with E-state index in [1.807, 2.05) is 26.0 Å². The van der Waals surface area contributed by atoms with Crippen molar-refractivity contribution in [2.45, 2.75) is 13.8 Å². The first-order valence-electron chi connectivity index (χ1n) is 6.27. The van der Waals surface area contributed by atoms with E-state index in [4.69, 9.17) is 23.8 Å². The number of hydrogen-bond donors (Lipinski definition) is 2. The molecule has 0 unspecified atom stereocenters. The Hall–Kier alpha value is -1.98. The summed E-state index contributed by atoms with van der Waals surface area (Å²) in [6, 6.07) is 8.86. The van der Waals surface area contributed by atoms with E-state index in [-0.39, 0.29) is 11.0 Å². The first-order valence-corrected chi connectivity index (χ1v) is 7.05. The van der Waals surface area contributed by atoms with Gasteiger partial charge < -0.3 is 5.32 Å². The summed E-state index contributed by atoms with van der Waals surface area (Å²) in [6.45, 7) is 3.95. The lowest BCUT2D eigenvalue weighted by atomic mass is 10.1. The SMILES string of the molecule is Cc1ccc(C(=O)NC(=S)Nc2ccc(Cl)cn2)cc1C. The molecule has 0 saturated carbocycles. The largest absolute Gasteiger partial charge is 0.317 e. The molecule has 0 bridgehead atoms. The lowest BCUT2D eigenvalue weighted by Gasteiger charge is -2.09. The number of aromatic nitrogens is 1. The number of nitrogens with one attached hydrogen (secondary N) is 2. The number of carbonyl (C=O) groups is 1. The maximum absolute atomic E-state index is 12.1. The summed E-state index contributed by atoms with van der Waals surface area (Å²) in [5.74, 6) is 0.259. The Bertz CT molecular complexity index is 686. The summed E-state index contributed by atoms with van der Waals surface area (Å²) < 4.78 is 0. The summed E-state index contributed by atoms with van der Waals surface area (Å²) in [5, 5.41) is 6.16. The zero-order valence-electron chi connectivity index (χ0n) is 11.6. The fraction of sp³-hybridized carbons (Fsp3) is 0.133. The molecule has 2 rings (SSSR count). The highest BCUT2D eigenvalue weighted by atomic mass is 35.5. The Kier molecular flexibility index (Phi) is 4.88. The van der Waals surface area contributed by atoms with E-state index in [0.717, 1.165) is 11.1 Å². The third-order valence-electron chi connectivity index (χ3n) is 2.97. The molecular weight excluding hydrogens is 306 g/mol. The Balaban J connectivity index is 2.00. The predicted molar refractivity (Wildman–Crippen MR) is 88.8 cm³/mol. The van der Waals surface area contributed by atoms with Crippen molar-refractivity contribution >= 4 is 40.7 Å². The van der Waals surface area contributed by atoms with Gasteiger partial charge in [-0.2, -0.15) is 0 Å². The lowest BCUT2D eigenvalue weighted by molar-refractivity contribution is 0.0977. The van der Waals surface area contributed by atoms with E-state index >= 15 is 0 Å². The maximum atomic E-state index is 12.1. The molecule has 2 aromatic rings. The minimum absolute atomic E-state index is 0.188. The lowest BCUT2D eigenvalue weighted by Crippen LogP contribution is -2.34. The van der Waals surface area contributed by atoms with E-state index in [0.29, 0.717) is 16.4 Å². The molecule has 0 saturated heterocycles. The van der Waals surface area contributed by atoms with E-state index in [1.54, 1.807) is 18.2 Å². The quantitative estimate of drug-likeness (QED) is 0.832. The molecule has 0 spiro atoms. The molecular formula is C15H14ClN3OS. The van der Waals surface area contributed by atoms with Crippen LogP contribution < -0.4 is 10.6 Å². The molecule has 1 aromatic heterocycles. The zero-order valence-corrected chi connectivity index (χ0v) is 13.2. The Morgan fingerprint density at radius 3 is 2.57 bits per heavy atom. The van der Waals surface area contributed by atoms with Crippen molar-refractivity contribution in [2.24, 2.45) is 0 Å². The van der Waals surface area contributed by atoms with Gasteiger partial charge in [0.15, 0.2) is 5.11 Å². The van der Waals surface area contributed by atoms with Crippen LogP contribution >= 0.6 is 23.8 Å². The molecule has 108 valence electrons. The van der Waals surface area contributed by atoms with Gasteiger partial charge in [-0.25, -0.2) is 4.98 Å². The molecule has 0 radical (unpaired) electrons. The van der Waals surface area contributed by atoms with Gasteiger partial charge in [-0.3, -0.25) is 10.1 Å². The molecule has 0 atom stereocenters. The summed E-state index contributed by atoms with van der Waals surface area (Å²) in [5.41, 5.74) is 2.75. The first-order chi connectivity index (χ1) is 9.95. The van der Waals surface area contributed by atoms with Crippen LogP contribution in [0.25, 0.3) is 0 Å². The van der Waals surface area contributed by atoms with Crippen molar-refractivity contribution in [3.8, 4) is 0 Å². The highest BCUT2D eigenvalue weighted by Gasteiger charge is 2.09. The summed E-state index contributed by atoms with van der Waals surface area (Å²) in [7, 11) is 0. The number of thiocarbonyl (C=S) groups is 1. The third-order valence-corrected chi connectivity index (χ3v) is 3.39. The van der Waals surface area contributed by atoms with Crippen LogP contribution in [0.4, 0.5) is 5.82 Å². The zero-order chi connectivity index (χ0) is 15.4. The second-order valence-electron chi connectivity index (χ2n) is 4.57. The van der Waals surface area contributed by atoms with Crippen molar-refractivity contribution in [3.63, 3.8) is 0 Å². The smallest absolute Gasteiger partial charge is 0.257 e. The van der Waals surface area contributed by atoms with Gasteiger partial charge in [0.2, 0.25) is 0 Å². The van der Waals surface area contributed by atoms with Crippen LogP contribution in [-0.4, -0.2) is 16.0 Å². The summed E-state index contributed by atoms with van der Waals surface area (Å²) >= 11 is 10.8. The Morgan fingerprint density at radius 1 is 1.19 bits per heavy atom. The van der Waals surface area contributed by atoms with Gasteiger partial charge in [0.25, 0.3) is 5.91 Å². The van der Waals surface area contributed by atoms with Gasteiger partial charge in [-0.1, -0.05) is 17.7 Å². The molecule has 4 nitrogen and oxygen atoms in total. The molecule has 1 amide bonds. The summed E-state index contributed by atoms with van der Waals surface area (Å²) in [4.78, 5) is 16.1. The van der Waals surface area contributed by atoms with Crippen molar-refractivity contribution in [1.82, 2.24) is 10.3 Å².